The molecule has 0 radical (unpaired) electrons. The lowest BCUT2D eigenvalue weighted by Crippen LogP contribution is -2.78. The number of likely N-dealkylation sites (tertiary alicyclic amines) is 1. The Morgan fingerprint density at radius 2 is 1.91 bits per heavy atom. The van der Waals surface area contributed by atoms with Gasteiger partial charge in [0.05, 0.1) is 11.0 Å². The number of nitrogens with zero attached hydrogens (tertiary/aromatic N) is 1. The first-order chi connectivity index (χ1) is 22.0. The SMILES string of the molecule is CO[C@@]12CCC(N[C@@H](CCCCNC(=O)OCc3ccccc3)C(=O)OC(C)(C)C)C3Oc4c(O)ccc5c4[C@@]31CCN(C)[C@@H]2C5. The lowest BCUT2D eigenvalue weighted by Gasteiger charge is -2.65. The average Bonchev–Trinajstić information content (AvgIpc) is 3.38. The molecule has 2 aromatic carbocycles. The van der Waals surface area contributed by atoms with Crippen LogP contribution in [0.2, 0.25) is 0 Å². The second-order valence-electron chi connectivity index (χ2n) is 14.4. The van der Waals surface area contributed by atoms with Crippen LogP contribution in [-0.2, 0) is 37.4 Å². The first-order valence-electron chi connectivity index (χ1n) is 16.7. The van der Waals surface area contributed by atoms with Crippen molar-refractivity contribution in [2.24, 2.45) is 0 Å². The van der Waals surface area contributed by atoms with Crippen molar-refractivity contribution in [3.63, 3.8) is 0 Å². The molecule has 10 nitrogen and oxygen atoms in total. The number of hydrogen-bond donors (Lipinski definition) is 3. The van der Waals surface area contributed by atoms with Gasteiger partial charge in [-0.3, -0.25) is 10.1 Å². The van der Waals surface area contributed by atoms with Gasteiger partial charge in [-0.1, -0.05) is 36.4 Å². The van der Waals surface area contributed by atoms with Crippen LogP contribution < -0.4 is 15.4 Å². The predicted octanol–water partition coefficient (Wildman–Crippen LogP) is 4.60. The Kier molecular flexibility index (Phi) is 8.99. The van der Waals surface area contributed by atoms with Crippen LogP contribution in [0.3, 0.4) is 0 Å². The van der Waals surface area contributed by atoms with Gasteiger partial charge in [-0.25, -0.2) is 4.79 Å². The molecular weight excluding hydrogens is 586 g/mol. The van der Waals surface area contributed by atoms with E-state index in [1.54, 1.807) is 6.07 Å². The zero-order chi connectivity index (χ0) is 32.7. The van der Waals surface area contributed by atoms with Gasteiger partial charge in [-0.05, 0) is 96.5 Å². The lowest BCUT2D eigenvalue weighted by atomic mass is 9.48. The molecule has 0 aromatic heterocycles. The Morgan fingerprint density at radius 3 is 2.65 bits per heavy atom. The van der Waals surface area contributed by atoms with Crippen LogP contribution in [0.4, 0.5) is 4.79 Å². The van der Waals surface area contributed by atoms with Crippen LogP contribution in [0.25, 0.3) is 0 Å². The second-order valence-corrected chi connectivity index (χ2v) is 14.4. The first-order valence-corrected chi connectivity index (χ1v) is 16.7. The van der Waals surface area contributed by atoms with E-state index in [0.29, 0.717) is 31.6 Å². The third-order valence-electron chi connectivity index (χ3n) is 10.6. The fraction of sp³-hybridized carbons (Fsp3) is 0.611. The lowest BCUT2D eigenvalue weighted by molar-refractivity contribution is -0.204. The number of hydrogen-bond acceptors (Lipinski definition) is 9. The summed E-state index contributed by atoms with van der Waals surface area (Å²) in [4.78, 5) is 28.2. The number of aromatic hydroxyl groups is 1. The van der Waals surface area contributed by atoms with E-state index in [4.69, 9.17) is 18.9 Å². The molecule has 2 aliphatic carbocycles. The number of alkyl carbamates (subject to hydrolysis) is 1. The number of nitrogens with one attached hydrogen (secondary N) is 2. The molecule has 1 spiro atoms. The number of rotatable bonds is 11. The van der Waals surface area contributed by atoms with E-state index in [-0.39, 0.29) is 36.5 Å². The van der Waals surface area contributed by atoms with E-state index < -0.39 is 28.8 Å². The summed E-state index contributed by atoms with van der Waals surface area (Å²) in [5.74, 6) is 0.426. The molecule has 2 aliphatic heterocycles. The van der Waals surface area contributed by atoms with Gasteiger partial charge >= 0.3 is 12.1 Å². The number of carbonyl (C=O) groups excluding carboxylic acids is 2. The number of esters is 1. The summed E-state index contributed by atoms with van der Waals surface area (Å²) >= 11 is 0. The van der Waals surface area contributed by atoms with Gasteiger partial charge in [0.1, 0.15) is 24.4 Å². The topological polar surface area (TPSA) is 119 Å². The Morgan fingerprint density at radius 1 is 1.13 bits per heavy atom. The van der Waals surface area contributed by atoms with E-state index in [0.717, 1.165) is 43.4 Å². The summed E-state index contributed by atoms with van der Waals surface area (Å²) in [6, 6.07) is 12.8. The van der Waals surface area contributed by atoms with Crippen LogP contribution in [0.1, 0.15) is 76.0 Å². The Hall–Kier alpha value is -3.34. The Balaban J connectivity index is 1.16. The molecular formula is C36H49N3O7. The van der Waals surface area contributed by atoms with Crippen LogP contribution in [0, 0.1) is 0 Å². The quantitative estimate of drug-likeness (QED) is 0.241. The average molecular weight is 636 g/mol. The summed E-state index contributed by atoms with van der Waals surface area (Å²) in [5, 5.41) is 17.5. The monoisotopic (exact) mass is 635 g/mol. The zero-order valence-electron chi connectivity index (χ0n) is 27.8. The van der Waals surface area contributed by atoms with Crippen molar-refractivity contribution < 1.29 is 33.6 Å². The van der Waals surface area contributed by atoms with E-state index in [9.17, 15) is 14.7 Å². The molecule has 2 aromatic rings. The van der Waals surface area contributed by atoms with Gasteiger partial charge in [-0.15, -0.1) is 0 Å². The van der Waals surface area contributed by atoms with E-state index in [1.807, 2.05) is 64.3 Å². The highest BCUT2D eigenvalue weighted by atomic mass is 16.6. The molecule has 1 saturated carbocycles. The van der Waals surface area contributed by atoms with Crippen LogP contribution in [-0.4, -0.2) is 84.7 Å². The molecule has 2 unspecified atom stereocenters. The maximum atomic E-state index is 13.6. The van der Waals surface area contributed by atoms with Crippen molar-refractivity contribution in [3.8, 4) is 11.5 Å². The number of methoxy groups -OCH3 is 1. The van der Waals surface area contributed by atoms with Crippen molar-refractivity contribution in [2.45, 2.75) is 113 Å². The molecule has 3 N–H and O–H groups in total. The van der Waals surface area contributed by atoms with Crippen molar-refractivity contribution >= 4 is 12.1 Å². The molecule has 46 heavy (non-hydrogen) atoms. The van der Waals surface area contributed by atoms with Crippen molar-refractivity contribution in [3.05, 3.63) is 59.2 Å². The standard InChI is InChI=1S/C36H49N3O7/c1-34(2,3)46-32(41)26(13-9-10-19-37-33(42)44-22-23-11-7-6-8-12-23)38-25-16-17-36(43-5)28-21-24-14-15-27(40)30-29(24)35(36,31(25)45-30)18-20-39(28)4/h6-8,11-12,14-15,25-26,28,31,38,40H,9-10,13,16-22H2,1-5H3,(H,37,42)/t25?,26-,28+,31?,35-,36+/m0/s1. The summed E-state index contributed by atoms with van der Waals surface area (Å²) in [7, 11) is 4.00. The third kappa shape index (κ3) is 5.73. The number of carbonyl (C=O) groups is 2. The molecule has 6 atom stereocenters. The maximum absolute atomic E-state index is 13.6. The van der Waals surface area contributed by atoms with Gasteiger partial charge in [0.2, 0.25) is 0 Å². The minimum Gasteiger partial charge on any atom is -0.504 e. The summed E-state index contributed by atoms with van der Waals surface area (Å²) in [6.07, 6.45) is 4.38. The smallest absolute Gasteiger partial charge is 0.407 e. The number of amides is 1. The van der Waals surface area contributed by atoms with Gasteiger partial charge in [-0.2, -0.15) is 0 Å². The van der Waals surface area contributed by atoms with Crippen LogP contribution in [0.5, 0.6) is 11.5 Å². The number of piperidine rings is 1. The molecule has 4 aliphatic rings. The fourth-order valence-corrected chi connectivity index (χ4v) is 8.65. The molecule has 2 heterocycles. The molecule has 250 valence electrons. The molecule has 6 rings (SSSR count). The number of ether oxygens (including phenoxy) is 4. The van der Waals surface area contributed by atoms with Crippen LogP contribution in [0.15, 0.2) is 42.5 Å². The van der Waals surface area contributed by atoms with Gasteiger partial charge in [0, 0.05) is 31.3 Å². The van der Waals surface area contributed by atoms with Gasteiger partial charge < -0.3 is 34.3 Å². The minimum atomic E-state index is -0.636. The zero-order valence-corrected chi connectivity index (χ0v) is 27.8. The summed E-state index contributed by atoms with van der Waals surface area (Å²) in [6.45, 7) is 7.18. The number of phenolic OH excluding ortho intramolecular Hbond substituents is 1. The van der Waals surface area contributed by atoms with Gasteiger partial charge in [0.25, 0.3) is 0 Å². The number of phenols is 1. The maximum Gasteiger partial charge on any atom is 0.407 e. The highest BCUT2D eigenvalue weighted by Crippen LogP contribution is 2.66. The minimum absolute atomic E-state index is 0.155. The number of benzene rings is 2. The van der Waals surface area contributed by atoms with E-state index in [1.165, 1.54) is 5.56 Å². The highest BCUT2D eigenvalue weighted by Gasteiger charge is 2.73. The highest BCUT2D eigenvalue weighted by molar-refractivity contribution is 5.76. The molecule has 2 bridgehead atoms. The summed E-state index contributed by atoms with van der Waals surface area (Å²) < 4.78 is 24.5. The fourth-order valence-electron chi connectivity index (χ4n) is 8.65. The molecule has 1 saturated heterocycles. The van der Waals surface area contributed by atoms with Crippen molar-refractivity contribution in [2.75, 3.05) is 27.2 Å². The number of unbranched alkanes of at least 4 members (excludes halogenated alkanes) is 1. The molecule has 10 heteroatoms. The first kappa shape index (κ1) is 32.6. The Labute approximate surface area is 272 Å². The number of likely N-dealkylation sites (N-methyl/N-ethyl adjacent to an activating group) is 1. The summed E-state index contributed by atoms with van der Waals surface area (Å²) in [5.41, 5.74) is 1.69. The molecule has 2 fully saturated rings. The Bertz CT molecular complexity index is 1430. The van der Waals surface area contributed by atoms with Crippen molar-refractivity contribution in [1.29, 1.82) is 0 Å². The van der Waals surface area contributed by atoms with Gasteiger partial charge in [0.15, 0.2) is 11.5 Å². The van der Waals surface area contributed by atoms with E-state index >= 15 is 0 Å². The van der Waals surface area contributed by atoms with Crippen molar-refractivity contribution in [1.82, 2.24) is 15.5 Å². The van der Waals surface area contributed by atoms with E-state index in [2.05, 4.69) is 22.6 Å². The normalized spacial score (nSPS) is 28.5. The largest absolute Gasteiger partial charge is 0.504 e. The molecule has 1 amide bonds. The van der Waals surface area contributed by atoms with Crippen LogP contribution >= 0.6 is 0 Å². The predicted molar refractivity (Wildman–Crippen MR) is 173 cm³/mol. The third-order valence-corrected chi connectivity index (χ3v) is 10.6. The second kappa shape index (κ2) is 12.7.